The lowest BCUT2D eigenvalue weighted by Crippen LogP contribution is -2.48. The van der Waals surface area contributed by atoms with Gasteiger partial charge in [0.25, 0.3) is 0 Å². The Bertz CT molecular complexity index is 256. The summed E-state index contributed by atoms with van der Waals surface area (Å²) in [6.07, 6.45) is 0. The molecule has 4 heteroatoms. The molecule has 0 radical (unpaired) electrons. The van der Waals surface area contributed by atoms with Gasteiger partial charge in [-0.1, -0.05) is 20.8 Å². The van der Waals surface area contributed by atoms with Gasteiger partial charge in [-0.2, -0.15) is 0 Å². The summed E-state index contributed by atoms with van der Waals surface area (Å²) in [7, 11) is 1.90. The van der Waals surface area contributed by atoms with Crippen LogP contribution < -0.4 is 5.32 Å². The molecule has 3 unspecified atom stereocenters. The van der Waals surface area contributed by atoms with Crippen LogP contribution in [0.4, 0.5) is 0 Å². The van der Waals surface area contributed by atoms with Crippen molar-refractivity contribution in [3.05, 3.63) is 0 Å². The largest absolute Gasteiger partial charge is 0.379 e. The smallest absolute Gasteiger partial charge is 0.229 e. The van der Waals surface area contributed by atoms with E-state index in [-0.39, 0.29) is 23.9 Å². The van der Waals surface area contributed by atoms with E-state index in [9.17, 15) is 4.79 Å². The zero-order valence-electron chi connectivity index (χ0n) is 11.7. The number of carbonyl (C=O) groups is 1. The van der Waals surface area contributed by atoms with E-state index in [1.54, 1.807) is 0 Å². The first kappa shape index (κ1) is 14.5. The topological polar surface area (TPSA) is 41.6 Å². The molecule has 1 saturated heterocycles. The third-order valence-corrected chi connectivity index (χ3v) is 3.79. The number of hydrogen-bond acceptors (Lipinski definition) is 3. The van der Waals surface area contributed by atoms with Crippen LogP contribution in [0.2, 0.25) is 0 Å². The number of carbonyl (C=O) groups excluding carboxylic acids is 1. The normalized spacial score (nSPS) is 26.2. The van der Waals surface area contributed by atoms with Crippen LogP contribution in [0.5, 0.6) is 0 Å². The Kier molecular flexibility index (Phi) is 5.40. The quantitative estimate of drug-likeness (QED) is 0.785. The van der Waals surface area contributed by atoms with Crippen LogP contribution in [0, 0.1) is 11.8 Å². The van der Waals surface area contributed by atoms with Gasteiger partial charge < -0.3 is 15.0 Å². The predicted molar refractivity (Wildman–Crippen MR) is 68.8 cm³/mol. The Morgan fingerprint density at radius 2 is 2.06 bits per heavy atom. The Morgan fingerprint density at radius 3 is 2.59 bits per heavy atom. The van der Waals surface area contributed by atoms with Crippen molar-refractivity contribution in [1.29, 1.82) is 0 Å². The van der Waals surface area contributed by atoms with Crippen molar-refractivity contribution in [2.45, 2.75) is 39.8 Å². The number of ether oxygens (including phenoxy) is 1. The van der Waals surface area contributed by atoms with Crippen LogP contribution in [0.1, 0.15) is 27.7 Å². The summed E-state index contributed by atoms with van der Waals surface area (Å²) in [4.78, 5) is 14.3. The van der Waals surface area contributed by atoms with E-state index < -0.39 is 0 Å². The third kappa shape index (κ3) is 3.42. The van der Waals surface area contributed by atoms with Crippen LogP contribution in [-0.4, -0.2) is 49.7 Å². The highest BCUT2D eigenvalue weighted by Crippen LogP contribution is 2.19. The molecule has 0 aromatic rings. The lowest BCUT2D eigenvalue weighted by molar-refractivity contribution is -0.137. The van der Waals surface area contributed by atoms with Crippen molar-refractivity contribution in [3.63, 3.8) is 0 Å². The molecule has 0 saturated carbocycles. The molecule has 0 aromatic heterocycles. The van der Waals surface area contributed by atoms with Gasteiger partial charge in [0.1, 0.15) is 0 Å². The van der Waals surface area contributed by atoms with Crippen molar-refractivity contribution >= 4 is 5.91 Å². The first-order valence-electron chi connectivity index (χ1n) is 6.56. The molecular formula is C13H26N2O2. The van der Waals surface area contributed by atoms with E-state index in [0.717, 1.165) is 6.54 Å². The molecule has 1 N–H and O–H groups in total. The summed E-state index contributed by atoms with van der Waals surface area (Å²) in [5.74, 6) is 0.652. The molecule has 0 spiro atoms. The maximum absolute atomic E-state index is 12.4. The molecule has 100 valence electrons. The molecule has 1 rings (SSSR count). The fraction of sp³-hybridized carbons (Fsp3) is 0.923. The van der Waals surface area contributed by atoms with Crippen LogP contribution in [0.3, 0.4) is 0 Å². The summed E-state index contributed by atoms with van der Waals surface area (Å²) < 4.78 is 5.42. The van der Waals surface area contributed by atoms with Crippen molar-refractivity contribution in [1.82, 2.24) is 10.2 Å². The molecule has 1 amide bonds. The maximum Gasteiger partial charge on any atom is 0.229 e. The lowest BCUT2D eigenvalue weighted by atomic mass is 9.99. The van der Waals surface area contributed by atoms with E-state index in [2.05, 4.69) is 33.0 Å². The van der Waals surface area contributed by atoms with Crippen molar-refractivity contribution < 1.29 is 9.53 Å². The van der Waals surface area contributed by atoms with E-state index in [1.807, 2.05) is 11.9 Å². The first-order chi connectivity index (χ1) is 7.99. The Labute approximate surface area is 105 Å². The van der Waals surface area contributed by atoms with E-state index in [0.29, 0.717) is 19.1 Å². The minimum Gasteiger partial charge on any atom is -0.379 e. The summed E-state index contributed by atoms with van der Waals surface area (Å²) in [6, 6.07) is 0.444. The third-order valence-electron chi connectivity index (χ3n) is 3.79. The Balaban J connectivity index is 2.62. The van der Waals surface area contributed by atoms with E-state index in [4.69, 9.17) is 4.74 Å². The minimum absolute atomic E-state index is 0.0267. The Hall–Kier alpha value is -0.610. The second-order valence-electron chi connectivity index (χ2n) is 5.24. The number of likely N-dealkylation sites (N-methyl/N-ethyl adjacent to an activating group) is 1. The zero-order valence-corrected chi connectivity index (χ0v) is 11.7. The standard InChI is InChI=1S/C13H26N2O2/c1-6-14-12-8-17-7-11(12)13(16)15(5)10(4)9(2)3/h9-12,14H,6-8H2,1-5H3. The molecular weight excluding hydrogens is 216 g/mol. The molecule has 1 aliphatic rings. The average Bonchev–Trinajstić information content (AvgIpc) is 2.74. The van der Waals surface area contributed by atoms with Gasteiger partial charge in [0.2, 0.25) is 5.91 Å². The maximum atomic E-state index is 12.4. The highest BCUT2D eigenvalue weighted by molar-refractivity contribution is 5.80. The molecule has 0 aromatic carbocycles. The predicted octanol–water partition coefficient (Wildman–Crippen LogP) is 1.11. The summed E-state index contributed by atoms with van der Waals surface area (Å²) in [5, 5.41) is 3.33. The summed E-state index contributed by atoms with van der Waals surface area (Å²) >= 11 is 0. The SMILES string of the molecule is CCNC1COCC1C(=O)N(C)C(C)C(C)C. The van der Waals surface area contributed by atoms with Crippen LogP contribution in [0.15, 0.2) is 0 Å². The monoisotopic (exact) mass is 242 g/mol. The fourth-order valence-electron chi connectivity index (χ4n) is 2.17. The van der Waals surface area contributed by atoms with Crippen LogP contribution in [-0.2, 0) is 9.53 Å². The molecule has 4 nitrogen and oxygen atoms in total. The molecule has 1 fully saturated rings. The number of hydrogen-bond donors (Lipinski definition) is 1. The molecule has 17 heavy (non-hydrogen) atoms. The van der Waals surface area contributed by atoms with E-state index >= 15 is 0 Å². The van der Waals surface area contributed by atoms with Crippen molar-refractivity contribution in [3.8, 4) is 0 Å². The van der Waals surface area contributed by atoms with Gasteiger partial charge in [-0.05, 0) is 19.4 Å². The van der Waals surface area contributed by atoms with Gasteiger partial charge in [0.05, 0.1) is 19.1 Å². The fourth-order valence-corrected chi connectivity index (χ4v) is 2.17. The summed E-state index contributed by atoms with van der Waals surface area (Å²) in [5.41, 5.74) is 0. The van der Waals surface area contributed by atoms with Gasteiger partial charge in [-0.25, -0.2) is 0 Å². The van der Waals surface area contributed by atoms with Gasteiger partial charge >= 0.3 is 0 Å². The van der Waals surface area contributed by atoms with Crippen molar-refractivity contribution in [2.75, 3.05) is 26.8 Å². The number of rotatable bonds is 5. The molecule has 3 atom stereocenters. The molecule has 0 aliphatic carbocycles. The number of amides is 1. The second-order valence-corrected chi connectivity index (χ2v) is 5.24. The first-order valence-corrected chi connectivity index (χ1v) is 6.56. The summed E-state index contributed by atoms with van der Waals surface area (Å²) in [6.45, 7) is 10.5. The Morgan fingerprint density at radius 1 is 1.41 bits per heavy atom. The van der Waals surface area contributed by atoms with Crippen LogP contribution >= 0.6 is 0 Å². The molecule has 0 bridgehead atoms. The van der Waals surface area contributed by atoms with Crippen LogP contribution in [0.25, 0.3) is 0 Å². The van der Waals surface area contributed by atoms with E-state index in [1.165, 1.54) is 0 Å². The molecule has 1 heterocycles. The zero-order chi connectivity index (χ0) is 13.0. The average molecular weight is 242 g/mol. The van der Waals surface area contributed by atoms with Crippen molar-refractivity contribution in [2.24, 2.45) is 11.8 Å². The highest BCUT2D eigenvalue weighted by Gasteiger charge is 2.36. The minimum atomic E-state index is -0.0267. The lowest BCUT2D eigenvalue weighted by Gasteiger charge is -2.31. The van der Waals surface area contributed by atoms with Gasteiger partial charge in [-0.3, -0.25) is 4.79 Å². The number of nitrogens with zero attached hydrogens (tertiary/aromatic N) is 1. The number of nitrogens with one attached hydrogen (secondary N) is 1. The van der Waals surface area contributed by atoms with Gasteiger partial charge in [-0.15, -0.1) is 0 Å². The molecule has 1 aliphatic heterocycles. The van der Waals surface area contributed by atoms with Gasteiger partial charge in [0, 0.05) is 19.1 Å². The highest BCUT2D eigenvalue weighted by atomic mass is 16.5. The second kappa shape index (κ2) is 6.36. The van der Waals surface area contributed by atoms with Gasteiger partial charge in [0.15, 0.2) is 0 Å².